The summed E-state index contributed by atoms with van der Waals surface area (Å²) in [6, 6.07) is 0. The normalized spacial score (nSPS) is 14.8. The van der Waals surface area contributed by atoms with Gasteiger partial charge in [0.05, 0.1) is 22.9 Å². The lowest BCUT2D eigenvalue weighted by Gasteiger charge is -2.56. The molecule has 0 rings (SSSR count). The number of halogens is 1. The Bertz CT molecular complexity index is 204. The second kappa shape index (κ2) is 5.63. The van der Waals surface area contributed by atoms with Crippen LogP contribution in [0, 0.1) is 0 Å². The first-order valence-corrected chi connectivity index (χ1v) is 8.01. The van der Waals surface area contributed by atoms with Gasteiger partial charge in [-0.15, -0.1) is 0 Å². The fourth-order valence-electron chi connectivity index (χ4n) is 4.82. The van der Waals surface area contributed by atoms with Crippen molar-refractivity contribution in [3.8, 4) is 0 Å². The Kier molecular flexibility index (Phi) is 6.76. The summed E-state index contributed by atoms with van der Waals surface area (Å²) in [4.78, 5) is 0. The highest BCUT2D eigenvalue weighted by Crippen LogP contribution is 2.84. The molecule has 0 N–H and O–H groups in total. The maximum Gasteiger partial charge on any atom is 0.0979 e. The van der Waals surface area contributed by atoms with Gasteiger partial charge in [0, 0.05) is 14.1 Å². The Hall–Kier alpha value is 1.12. The largest absolute Gasteiger partial charge is 1.00 e. The Morgan fingerprint density at radius 3 is 0.765 bits per heavy atom. The molecule has 0 radical (unpaired) electrons. The van der Waals surface area contributed by atoms with E-state index in [9.17, 15) is 0 Å². The van der Waals surface area contributed by atoms with E-state index in [0.29, 0.717) is 15.5 Å². The van der Waals surface area contributed by atoms with Crippen LogP contribution in [-0.4, -0.2) is 34.2 Å². The van der Waals surface area contributed by atoms with Crippen molar-refractivity contribution in [1.82, 2.24) is 4.67 Å². The molecule has 3 heteroatoms. The summed E-state index contributed by atoms with van der Waals surface area (Å²) in [5, 5.41) is 1.02. The molecule has 17 heavy (non-hydrogen) atoms. The van der Waals surface area contributed by atoms with Crippen LogP contribution in [0.25, 0.3) is 0 Å². The summed E-state index contributed by atoms with van der Waals surface area (Å²) >= 11 is 0. The van der Waals surface area contributed by atoms with Gasteiger partial charge in [-0.05, 0) is 62.3 Å². The molecule has 0 fully saturated rings. The highest BCUT2D eigenvalue weighted by molar-refractivity contribution is 7.77. The molecule has 0 aliphatic carbocycles. The van der Waals surface area contributed by atoms with Crippen molar-refractivity contribution in [1.29, 1.82) is 0 Å². The first-order chi connectivity index (χ1) is 6.69. The molecule has 0 saturated heterocycles. The summed E-state index contributed by atoms with van der Waals surface area (Å²) < 4.78 is 2.55. The van der Waals surface area contributed by atoms with E-state index in [-0.39, 0.29) is 24.0 Å². The number of hydrogen-bond donors (Lipinski definition) is 0. The summed E-state index contributed by atoms with van der Waals surface area (Å²) in [5.74, 6) is 0. The summed E-state index contributed by atoms with van der Waals surface area (Å²) in [6.45, 7) is 21.7. The fourth-order valence-corrected chi connectivity index (χ4v) is 14.5. The minimum atomic E-state index is -1.29. The molecule has 0 saturated carbocycles. The first kappa shape index (κ1) is 20.4. The van der Waals surface area contributed by atoms with Crippen molar-refractivity contribution < 1.29 is 24.0 Å². The quantitative estimate of drug-likeness (QED) is 0.501. The van der Waals surface area contributed by atoms with Gasteiger partial charge in [0.15, 0.2) is 0 Å². The van der Waals surface area contributed by atoms with Gasteiger partial charge in [0.25, 0.3) is 0 Å². The van der Waals surface area contributed by atoms with E-state index in [1.807, 2.05) is 0 Å². The van der Waals surface area contributed by atoms with Crippen LogP contribution in [-0.2, 0) is 0 Å². The van der Waals surface area contributed by atoms with E-state index in [0.717, 1.165) is 0 Å². The molecule has 0 aromatic rings. The van der Waals surface area contributed by atoms with Crippen LogP contribution in [0.15, 0.2) is 0 Å². The van der Waals surface area contributed by atoms with Crippen LogP contribution < -0.4 is 24.0 Å². The molecule has 0 amide bonds. The molecule has 0 aromatic heterocycles. The monoisotopic (exact) mass is 373 g/mol. The van der Waals surface area contributed by atoms with Crippen LogP contribution in [0.5, 0.6) is 0 Å². The van der Waals surface area contributed by atoms with Crippen molar-refractivity contribution in [3.63, 3.8) is 0 Å². The van der Waals surface area contributed by atoms with E-state index >= 15 is 0 Å². The van der Waals surface area contributed by atoms with Gasteiger partial charge in [-0.25, -0.2) is 0 Å². The average Bonchev–Trinajstić information content (AvgIpc) is 1.71. The molecule has 0 bridgehead atoms. The molecule has 1 nitrogen and oxygen atoms in total. The van der Waals surface area contributed by atoms with Crippen LogP contribution in [0.1, 0.15) is 62.3 Å². The zero-order valence-corrected chi connectivity index (χ0v) is 16.8. The van der Waals surface area contributed by atoms with Gasteiger partial charge in [-0.3, -0.25) is 0 Å². The Labute approximate surface area is 128 Å². The maximum atomic E-state index is 2.55. The van der Waals surface area contributed by atoms with Gasteiger partial charge < -0.3 is 24.0 Å². The van der Waals surface area contributed by atoms with Crippen LogP contribution >= 0.6 is 7.41 Å². The van der Waals surface area contributed by atoms with Crippen molar-refractivity contribution in [2.24, 2.45) is 0 Å². The molecule has 0 spiro atoms. The van der Waals surface area contributed by atoms with E-state index in [4.69, 9.17) is 0 Å². The van der Waals surface area contributed by atoms with E-state index in [1.54, 1.807) is 0 Å². The van der Waals surface area contributed by atoms with Gasteiger partial charge in [0.1, 0.15) is 0 Å². The standard InChI is InChI=1S/C14H33NP.HI/c1-12(2,3)16(15(10)11,13(4,5)6)14(7,8)9;/h1-11H3;1H/q+1;/p-1. The molecule has 0 atom stereocenters. The third kappa shape index (κ3) is 3.36. The third-order valence-electron chi connectivity index (χ3n) is 3.51. The lowest BCUT2D eigenvalue weighted by atomic mass is 10.2. The topological polar surface area (TPSA) is 3.24 Å². The molecule has 0 unspecified atom stereocenters. The van der Waals surface area contributed by atoms with Crippen LogP contribution in [0.2, 0.25) is 0 Å². The predicted octanol–water partition coefficient (Wildman–Crippen LogP) is 1.88. The number of rotatable bonds is 1. The summed E-state index contributed by atoms with van der Waals surface area (Å²) in [6.07, 6.45) is 0. The number of hydrogen-bond acceptors (Lipinski definition) is 1. The minimum Gasteiger partial charge on any atom is -1.00 e. The smallest absolute Gasteiger partial charge is 0.0979 e. The SMILES string of the molecule is CN(C)[P+](C(C)(C)C)(C(C)(C)C)C(C)(C)C.[I-]. The molecule has 0 aliphatic heterocycles. The zero-order chi connectivity index (χ0) is 13.6. The molecule has 0 aliphatic rings. The van der Waals surface area contributed by atoms with E-state index in [1.165, 1.54) is 0 Å². The fraction of sp³-hybridized carbons (Fsp3) is 1.00. The summed E-state index contributed by atoms with van der Waals surface area (Å²) in [5.41, 5.74) is 0. The van der Waals surface area contributed by atoms with Gasteiger partial charge in [-0.1, -0.05) is 0 Å². The molecular formula is C14H33INP. The Morgan fingerprint density at radius 2 is 0.765 bits per heavy atom. The predicted molar refractivity (Wildman–Crippen MR) is 79.9 cm³/mol. The van der Waals surface area contributed by atoms with Gasteiger partial charge in [0.2, 0.25) is 0 Å². The van der Waals surface area contributed by atoms with Crippen LogP contribution in [0.3, 0.4) is 0 Å². The third-order valence-corrected chi connectivity index (χ3v) is 10.5. The number of nitrogens with zero attached hydrogens (tertiary/aromatic N) is 1. The molecule has 0 aromatic carbocycles. The van der Waals surface area contributed by atoms with Crippen LogP contribution in [0.4, 0.5) is 0 Å². The van der Waals surface area contributed by atoms with E-state index < -0.39 is 7.41 Å². The van der Waals surface area contributed by atoms with Gasteiger partial charge in [-0.2, -0.15) is 4.67 Å². The van der Waals surface area contributed by atoms with Gasteiger partial charge >= 0.3 is 0 Å². The first-order valence-electron chi connectivity index (χ1n) is 6.27. The average molecular weight is 373 g/mol. The van der Waals surface area contributed by atoms with Crippen molar-refractivity contribution in [2.45, 2.75) is 77.8 Å². The second-order valence-electron chi connectivity index (χ2n) is 8.00. The Balaban J connectivity index is 0. The highest BCUT2D eigenvalue weighted by Gasteiger charge is 2.66. The molecule has 0 heterocycles. The zero-order valence-electron chi connectivity index (χ0n) is 13.8. The molecular weight excluding hydrogens is 340 g/mol. The highest BCUT2D eigenvalue weighted by atomic mass is 127. The van der Waals surface area contributed by atoms with Crippen molar-refractivity contribution >= 4 is 7.41 Å². The van der Waals surface area contributed by atoms with Crippen molar-refractivity contribution in [2.75, 3.05) is 14.1 Å². The lowest BCUT2D eigenvalue weighted by Crippen LogP contribution is -3.00. The minimum absolute atomic E-state index is 0. The summed E-state index contributed by atoms with van der Waals surface area (Å²) in [7, 11) is 3.26. The van der Waals surface area contributed by atoms with Crippen molar-refractivity contribution in [3.05, 3.63) is 0 Å². The second-order valence-corrected chi connectivity index (χ2v) is 14.1. The maximum absolute atomic E-state index is 2.55. The van der Waals surface area contributed by atoms with E-state index in [2.05, 4.69) is 81.1 Å². The Morgan fingerprint density at radius 1 is 0.588 bits per heavy atom. The lowest BCUT2D eigenvalue weighted by molar-refractivity contribution is -0.00000476. The molecule has 106 valence electrons.